The Balaban J connectivity index is 2.01. The Labute approximate surface area is 159 Å². The number of ether oxygens (including phenoxy) is 2. The molecule has 0 saturated carbocycles. The lowest BCUT2D eigenvalue weighted by atomic mass is 10.2. The number of rotatable bonds is 8. The Hall–Kier alpha value is -2.24. The lowest BCUT2D eigenvalue weighted by Crippen LogP contribution is -2.22. The smallest absolute Gasteiger partial charge is 0.262 e. The third-order valence-corrected chi connectivity index (χ3v) is 3.97. The SMILES string of the molecule is COc1cc(CNC(C)C)cc(Cl)c1OCC(=O)Nc1ccc(C)cc1. The second kappa shape index (κ2) is 9.46. The molecule has 2 aromatic carbocycles. The molecule has 2 rings (SSSR count). The Morgan fingerprint density at radius 2 is 1.88 bits per heavy atom. The number of methoxy groups -OCH3 is 1. The number of halogens is 1. The van der Waals surface area contributed by atoms with E-state index in [-0.39, 0.29) is 12.5 Å². The van der Waals surface area contributed by atoms with Gasteiger partial charge in [0.25, 0.3) is 5.91 Å². The Bertz CT molecular complexity index is 745. The number of carbonyl (C=O) groups is 1. The largest absolute Gasteiger partial charge is 0.493 e. The molecule has 0 aliphatic heterocycles. The van der Waals surface area contributed by atoms with Gasteiger partial charge in [0.15, 0.2) is 18.1 Å². The van der Waals surface area contributed by atoms with E-state index in [9.17, 15) is 4.79 Å². The average molecular weight is 377 g/mol. The predicted molar refractivity (Wildman–Crippen MR) is 105 cm³/mol. The molecule has 0 aliphatic carbocycles. The number of aryl methyl sites for hydroxylation is 1. The minimum Gasteiger partial charge on any atom is -0.493 e. The molecule has 0 heterocycles. The Kier molecular flexibility index (Phi) is 7.30. The van der Waals surface area contributed by atoms with Crippen molar-refractivity contribution < 1.29 is 14.3 Å². The van der Waals surface area contributed by atoms with Crippen LogP contribution in [0.5, 0.6) is 11.5 Å². The maximum absolute atomic E-state index is 12.1. The van der Waals surface area contributed by atoms with Crippen LogP contribution in [0.2, 0.25) is 5.02 Å². The molecule has 0 spiro atoms. The topological polar surface area (TPSA) is 59.6 Å². The first-order valence-electron chi connectivity index (χ1n) is 8.48. The molecule has 140 valence electrons. The molecule has 6 heteroatoms. The number of anilines is 1. The number of hydrogen-bond donors (Lipinski definition) is 2. The van der Waals surface area contributed by atoms with Crippen molar-refractivity contribution in [3.8, 4) is 11.5 Å². The van der Waals surface area contributed by atoms with Gasteiger partial charge in [0.2, 0.25) is 0 Å². The van der Waals surface area contributed by atoms with Gasteiger partial charge in [-0.15, -0.1) is 0 Å². The molecule has 0 atom stereocenters. The molecule has 0 saturated heterocycles. The van der Waals surface area contributed by atoms with Gasteiger partial charge in [-0.05, 0) is 36.8 Å². The van der Waals surface area contributed by atoms with Crippen LogP contribution in [0.15, 0.2) is 36.4 Å². The summed E-state index contributed by atoms with van der Waals surface area (Å²) in [5, 5.41) is 6.51. The van der Waals surface area contributed by atoms with Crippen LogP contribution in [0.4, 0.5) is 5.69 Å². The molecule has 1 amide bonds. The Morgan fingerprint density at radius 1 is 1.19 bits per heavy atom. The van der Waals surface area contributed by atoms with Crippen LogP contribution < -0.4 is 20.1 Å². The first-order chi connectivity index (χ1) is 12.4. The van der Waals surface area contributed by atoms with E-state index < -0.39 is 0 Å². The summed E-state index contributed by atoms with van der Waals surface area (Å²) in [5.41, 5.74) is 2.83. The summed E-state index contributed by atoms with van der Waals surface area (Å²) in [6, 6.07) is 11.6. The van der Waals surface area contributed by atoms with E-state index in [1.807, 2.05) is 43.3 Å². The van der Waals surface area contributed by atoms with Crippen LogP contribution in [0.1, 0.15) is 25.0 Å². The molecule has 0 unspecified atom stereocenters. The van der Waals surface area contributed by atoms with Crippen molar-refractivity contribution >= 4 is 23.2 Å². The maximum Gasteiger partial charge on any atom is 0.262 e. The van der Waals surface area contributed by atoms with Crippen molar-refractivity contribution in [3.05, 3.63) is 52.5 Å². The summed E-state index contributed by atoms with van der Waals surface area (Å²) in [5.74, 6) is 0.597. The van der Waals surface area contributed by atoms with Gasteiger partial charge in [0.1, 0.15) is 0 Å². The average Bonchev–Trinajstić information content (AvgIpc) is 2.60. The fourth-order valence-corrected chi connectivity index (χ4v) is 2.60. The number of benzene rings is 2. The van der Waals surface area contributed by atoms with Crippen LogP contribution in [-0.2, 0) is 11.3 Å². The molecule has 0 aromatic heterocycles. The van der Waals surface area contributed by atoms with E-state index in [1.54, 1.807) is 7.11 Å². The molecule has 26 heavy (non-hydrogen) atoms. The molecule has 2 aromatic rings. The Morgan fingerprint density at radius 3 is 2.50 bits per heavy atom. The van der Waals surface area contributed by atoms with Crippen LogP contribution in [0, 0.1) is 6.92 Å². The van der Waals surface area contributed by atoms with E-state index in [0.717, 1.165) is 16.8 Å². The molecule has 0 radical (unpaired) electrons. The fourth-order valence-electron chi connectivity index (χ4n) is 2.31. The molecular weight excluding hydrogens is 352 g/mol. The molecule has 5 nitrogen and oxygen atoms in total. The van der Waals surface area contributed by atoms with Crippen LogP contribution in [0.25, 0.3) is 0 Å². The third kappa shape index (κ3) is 5.93. The van der Waals surface area contributed by atoms with Crippen molar-refractivity contribution in [2.24, 2.45) is 0 Å². The van der Waals surface area contributed by atoms with Gasteiger partial charge in [-0.2, -0.15) is 0 Å². The molecular formula is C20H25ClN2O3. The monoisotopic (exact) mass is 376 g/mol. The quantitative estimate of drug-likeness (QED) is 0.725. The van der Waals surface area contributed by atoms with Crippen molar-refractivity contribution in [2.75, 3.05) is 19.0 Å². The zero-order valence-corrected chi connectivity index (χ0v) is 16.3. The van der Waals surface area contributed by atoms with E-state index in [4.69, 9.17) is 21.1 Å². The van der Waals surface area contributed by atoms with Crippen molar-refractivity contribution in [1.82, 2.24) is 5.32 Å². The van der Waals surface area contributed by atoms with E-state index in [0.29, 0.717) is 29.1 Å². The number of amides is 1. The van der Waals surface area contributed by atoms with Crippen LogP contribution in [-0.4, -0.2) is 25.7 Å². The van der Waals surface area contributed by atoms with Crippen LogP contribution in [0.3, 0.4) is 0 Å². The van der Waals surface area contributed by atoms with Gasteiger partial charge < -0.3 is 20.1 Å². The second-order valence-corrected chi connectivity index (χ2v) is 6.75. The minimum atomic E-state index is -0.266. The first kappa shape index (κ1) is 20.1. The highest BCUT2D eigenvalue weighted by Gasteiger charge is 2.14. The summed E-state index contributed by atoms with van der Waals surface area (Å²) >= 11 is 6.33. The van der Waals surface area contributed by atoms with E-state index >= 15 is 0 Å². The summed E-state index contributed by atoms with van der Waals surface area (Å²) in [6.45, 7) is 6.64. The van der Waals surface area contributed by atoms with E-state index in [1.165, 1.54) is 0 Å². The zero-order chi connectivity index (χ0) is 19.1. The molecule has 0 fully saturated rings. The normalized spacial score (nSPS) is 10.7. The standard InChI is InChI=1S/C20H25ClN2O3/c1-13(2)22-11-15-9-17(21)20(18(10-15)25-4)26-12-19(24)23-16-7-5-14(3)6-8-16/h5-10,13,22H,11-12H2,1-4H3,(H,23,24). The highest BCUT2D eigenvalue weighted by atomic mass is 35.5. The van der Waals surface area contributed by atoms with Gasteiger partial charge in [-0.1, -0.05) is 43.1 Å². The van der Waals surface area contributed by atoms with Crippen LogP contribution >= 0.6 is 11.6 Å². The van der Waals surface area contributed by atoms with Crippen molar-refractivity contribution in [1.29, 1.82) is 0 Å². The highest BCUT2D eigenvalue weighted by molar-refractivity contribution is 6.32. The number of carbonyl (C=O) groups excluding carboxylic acids is 1. The maximum atomic E-state index is 12.1. The fraction of sp³-hybridized carbons (Fsp3) is 0.350. The molecule has 2 N–H and O–H groups in total. The molecule has 0 bridgehead atoms. The third-order valence-electron chi connectivity index (χ3n) is 3.69. The van der Waals surface area contributed by atoms with Gasteiger partial charge in [-0.25, -0.2) is 0 Å². The van der Waals surface area contributed by atoms with Crippen molar-refractivity contribution in [2.45, 2.75) is 33.4 Å². The summed E-state index contributed by atoms with van der Waals surface area (Å²) in [6.07, 6.45) is 0. The summed E-state index contributed by atoms with van der Waals surface area (Å²) < 4.78 is 11.0. The minimum absolute atomic E-state index is 0.159. The lowest BCUT2D eigenvalue weighted by Gasteiger charge is -2.15. The van der Waals surface area contributed by atoms with Crippen molar-refractivity contribution in [3.63, 3.8) is 0 Å². The first-order valence-corrected chi connectivity index (χ1v) is 8.86. The van der Waals surface area contributed by atoms with Gasteiger partial charge in [0, 0.05) is 18.3 Å². The summed E-state index contributed by atoms with van der Waals surface area (Å²) in [7, 11) is 1.55. The summed E-state index contributed by atoms with van der Waals surface area (Å²) in [4.78, 5) is 12.1. The van der Waals surface area contributed by atoms with E-state index in [2.05, 4.69) is 24.5 Å². The second-order valence-electron chi connectivity index (χ2n) is 6.35. The number of nitrogens with one attached hydrogen (secondary N) is 2. The van der Waals surface area contributed by atoms with Gasteiger partial charge in [0.05, 0.1) is 12.1 Å². The highest BCUT2D eigenvalue weighted by Crippen LogP contribution is 2.36. The number of hydrogen-bond acceptors (Lipinski definition) is 4. The molecule has 0 aliphatic rings. The predicted octanol–water partition coefficient (Wildman–Crippen LogP) is 4.17. The zero-order valence-electron chi connectivity index (χ0n) is 15.6. The van der Waals surface area contributed by atoms with Gasteiger partial charge >= 0.3 is 0 Å². The van der Waals surface area contributed by atoms with Gasteiger partial charge in [-0.3, -0.25) is 4.79 Å². The lowest BCUT2D eigenvalue weighted by molar-refractivity contribution is -0.118.